The fourth-order valence-corrected chi connectivity index (χ4v) is 4.77. The van der Waals surface area contributed by atoms with E-state index >= 15 is 0 Å². The number of benzene rings is 1. The first kappa shape index (κ1) is 25.5. The Morgan fingerprint density at radius 3 is 2.42 bits per heavy atom. The number of nitro groups is 1. The predicted octanol–water partition coefficient (Wildman–Crippen LogP) is 3.06. The van der Waals surface area contributed by atoms with E-state index in [1.165, 1.54) is 12.1 Å². The molecule has 36 heavy (non-hydrogen) atoms. The van der Waals surface area contributed by atoms with Gasteiger partial charge in [-0.15, -0.1) is 0 Å². The van der Waals surface area contributed by atoms with Crippen molar-refractivity contribution in [1.82, 2.24) is 19.7 Å². The Labute approximate surface area is 209 Å². The molecule has 2 heterocycles. The number of piperazine rings is 1. The summed E-state index contributed by atoms with van der Waals surface area (Å²) in [7, 11) is 0. The molecule has 2 aromatic rings. The van der Waals surface area contributed by atoms with Crippen molar-refractivity contribution < 1.29 is 24.0 Å². The molecule has 1 aliphatic carbocycles. The highest BCUT2D eigenvalue weighted by atomic mass is 16.6. The highest BCUT2D eigenvalue weighted by Crippen LogP contribution is 2.44. The maximum absolute atomic E-state index is 13.3. The smallest absolute Gasteiger partial charge is 0.408 e. The fourth-order valence-electron chi connectivity index (χ4n) is 4.77. The summed E-state index contributed by atoms with van der Waals surface area (Å²) >= 11 is 0. The van der Waals surface area contributed by atoms with E-state index in [0.717, 1.165) is 18.2 Å². The van der Waals surface area contributed by atoms with Crippen molar-refractivity contribution in [1.29, 1.82) is 0 Å². The van der Waals surface area contributed by atoms with Gasteiger partial charge in [-0.1, -0.05) is 0 Å². The van der Waals surface area contributed by atoms with Gasteiger partial charge in [0.15, 0.2) is 0 Å². The first-order valence-electron chi connectivity index (χ1n) is 12.1. The zero-order valence-corrected chi connectivity index (χ0v) is 21.4. The summed E-state index contributed by atoms with van der Waals surface area (Å²) in [6.45, 7) is 9.75. The second-order valence-corrected chi connectivity index (χ2v) is 11.2. The van der Waals surface area contributed by atoms with Gasteiger partial charge in [0, 0.05) is 43.4 Å². The van der Waals surface area contributed by atoms with Gasteiger partial charge in [-0.3, -0.25) is 19.7 Å². The summed E-state index contributed by atoms with van der Waals surface area (Å²) in [6, 6.07) is 6.43. The molecule has 0 unspecified atom stereocenters. The van der Waals surface area contributed by atoms with Crippen molar-refractivity contribution in [3.63, 3.8) is 0 Å². The summed E-state index contributed by atoms with van der Waals surface area (Å²) in [4.78, 5) is 53.2. The number of aromatic nitrogens is 1. The Bertz CT molecular complexity index is 1220. The van der Waals surface area contributed by atoms with Crippen LogP contribution in [0.25, 0.3) is 10.9 Å². The first-order chi connectivity index (χ1) is 16.7. The van der Waals surface area contributed by atoms with Crippen molar-refractivity contribution >= 4 is 34.5 Å². The standard InChI is InChI=1S/C25H33N5O6/c1-23(2,3)36-22(33)26-24(4,5)21(32)28-12-13-29(25(16-28)9-10-25)20(31)15-27-11-8-17-6-7-18(30(34)35)14-19(17)27/h6-8,11,14H,9-10,12-13,15-16H2,1-5H3,(H,26,33). The number of non-ortho nitro benzene ring substituents is 1. The van der Waals surface area contributed by atoms with Gasteiger partial charge in [-0.25, -0.2) is 4.79 Å². The molecule has 194 valence electrons. The lowest BCUT2D eigenvalue weighted by Crippen LogP contribution is -2.64. The molecule has 0 radical (unpaired) electrons. The van der Waals surface area contributed by atoms with Crippen LogP contribution in [0.4, 0.5) is 10.5 Å². The summed E-state index contributed by atoms with van der Waals surface area (Å²) in [5, 5.41) is 14.7. The lowest BCUT2D eigenvalue weighted by molar-refractivity contribution is -0.384. The van der Waals surface area contributed by atoms with Crippen molar-refractivity contribution in [2.75, 3.05) is 19.6 Å². The molecule has 3 amide bonds. The molecule has 1 N–H and O–H groups in total. The predicted molar refractivity (Wildman–Crippen MR) is 132 cm³/mol. The van der Waals surface area contributed by atoms with Gasteiger partial charge in [0.05, 0.1) is 16.0 Å². The summed E-state index contributed by atoms with van der Waals surface area (Å²) in [5.41, 5.74) is -1.65. The number of hydrogen-bond acceptors (Lipinski definition) is 6. The summed E-state index contributed by atoms with van der Waals surface area (Å²) < 4.78 is 7.03. The van der Waals surface area contributed by atoms with E-state index in [2.05, 4.69) is 5.32 Å². The number of ether oxygens (including phenoxy) is 1. The summed E-state index contributed by atoms with van der Waals surface area (Å²) in [5.74, 6) is -0.315. The van der Waals surface area contributed by atoms with Crippen LogP contribution in [-0.2, 0) is 20.9 Å². The van der Waals surface area contributed by atoms with Crippen LogP contribution in [-0.4, -0.2) is 73.5 Å². The molecular formula is C25H33N5O6. The van der Waals surface area contributed by atoms with Gasteiger partial charge >= 0.3 is 6.09 Å². The molecule has 2 fully saturated rings. The third kappa shape index (κ3) is 5.14. The molecule has 0 bridgehead atoms. The van der Waals surface area contributed by atoms with Gasteiger partial charge < -0.3 is 24.4 Å². The molecule has 1 spiro atoms. The van der Waals surface area contributed by atoms with E-state index in [9.17, 15) is 24.5 Å². The van der Waals surface area contributed by atoms with E-state index in [1.54, 1.807) is 56.3 Å². The molecule has 1 saturated heterocycles. The number of carbonyl (C=O) groups excluding carboxylic acids is 3. The van der Waals surface area contributed by atoms with Gasteiger partial charge in [-0.05, 0) is 59.6 Å². The third-order valence-electron chi connectivity index (χ3n) is 6.69. The van der Waals surface area contributed by atoms with Crippen LogP contribution in [0.15, 0.2) is 30.5 Å². The topological polar surface area (TPSA) is 127 Å². The number of rotatable bonds is 5. The van der Waals surface area contributed by atoms with E-state index in [4.69, 9.17) is 4.74 Å². The lowest BCUT2D eigenvalue weighted by Gasteiger charge is -2.44. The Hall–Kier alpha value is -3.63. The molecule has 4 rings (SSSR count). The molecule has 1 saturated carbocycles. The molecule has 1 aliphatic heterocycles. The Morgan fingerprint density at radius 2 is 1.81 bits per heavy atom. The highest BCUT2D eigenvalue weighted by Gasteiger charge is 2.54. The van der Waals surface area contributed by atoms with E-state index < -0.39 is 27.7 Å². The van der Waals surface area contributed by atoms with Crippen molar-refractivity contribution in [2.45, 2.75) is 70.7 Å². The quantitative estimate of drug-likeness (QED) is 0.498. The van der Waals surface area contributed by atoms with Crippen molar-refractivity contribution in [3.05, 3.63) is 40.6 Å². The minimum absolute atomic E-state index is 0.0247. The number of nitrogens with one attached hydrogen (secondary N) is 1. The number of amides is 3. The number of hydrogen-bond donors (Lipinski definition) is 1. The monoisotopic (exact) mass is 499 g/mol. The average molecular weight is 500 g/mol. The van der Waals surface area contributed by atoms with E-state index in [-0.39, 0.29) is 24.0 Å². The Kier molecular flexibility index (Phi) is 6.22. The SMILES string of the molecule is CC(C)(C)OC(=O)NC(C)(C)C(=O)N1CCN(C(=O)Cn2ccc3ccc([N+](=O)[O-])cc32)C2(CC2)C1. The number of alkyl carbamates (subject to hydrolysis) is 1. The van der Waals surface area contributed by atoms with Gasteiger partial charge in [0.2, 0.25) is 11.8 Å². The van der Waals surface area contributed by atoms with Gasteiger partial charge in [0.1, 0.15) is 17.7 Å². The number of carbonyl (C=O) groups is 3. The molecule has 1 aromatic heterocycles. The van der Waals surface area contributed by atoms with Crippen LogP contribution < -0.4 is 5.32 Å². The maximum Gasteiger partial charge on any atom is 0.408 e. The number of nitro benzene ring substituents is 1. The second-order valence-electron chi connectivity index (χ2n) is 11.2. The van der Waals surface area contributed by atoms with Crippen LogP contribution in [0, 0.1) is 10.1 Å². The van der Waals surface area contributed by atoms with Crippen LogP contribution in [0.1, 0.15) is 47.5 Å². The Morgan fingerprint density at radius 1 is 1.11 bits per heavy atom. The molecule has 1 aromatic carbocycles. The van der Waals surface area contributed by atoms with Gasteiger partial charge in [0.25, 0.3) is 5.69 Å². The average Bonchev–Trinajstić information content (AvgIpc) is 3.40. The molecule has 11 heteroatoms. The minimum Gasteiger partial charge on any atom is -0.444 e. The zero-order chi connectivity index (χ0) is 26.5. The second kappa shape index (κ2) is 8.79. The number of fused-ring (bicyclic) bond motifs is 1. The fraction of sp³-hybridized carbons (Fsp3) is 0.560. The first-order valence-corrected chi connectivity index (χ1v) is 12.1. The normalized spacial score (nSPS) is 17.2. The summed E-state index contributed by atoms with van der Waals surface area (Å²) in [6.07, 6.45) is 2.69. The van der Waals surface area contributed by atoms with Crippen LogP contribution in [0.5, 0.6) is 0 Å². The Balaban J connectivity index is 1.43. The van der Waals surface area contributed by atoms with Crippen molar-refractivity contribution in [3.8, 4) is 0 Å². The molecular weight excluding hydrogens is 466 g/mol. The largest absolute Gasteiger partial charge is 0.444 e. The van der Waals surface area contributed by atoms with Gasteiger partial charge in [-0.2, -0.15) is 0 Å². The van der Waals surface area contributed by atoms with E-state index in [1.807, 2.05) is 11.0 Å². The molecule has 11 nitrogen and oxygen atoms in total. The molecule has 2 aliphatic rings. The van der Waals surface area contributed by atoms with Crippen LogP contribution in [0.3, 0.4) is 0 Å². The third-order valence-corrected chi connectivity index (χ3v) is 6.69. The highest BCUT2D eigenvalue weighted by molar-refractivity contribution is 5.90. The minimum atomic E-state index is -1.16. The number of nitrogens with zero attached hydrogens (tertiary/aromatic N) is 4. The van der Waals surface area contributed by atoms with Crippen LogP contribution >= 0.6 is 0 Å². The lowest BCUT2D eigenvalue weighted by atomic mass is 10.0. The van der Waals surface area contributed by atoms with Crippen LogP contribution in [0.2, 0.25) is 0 Å². The van der Waals surface area contributed by atoms with E-state index in [0.29, 0.717) is 25.2 Å². The van der Waals surface area contributed by atoms with Crippen molar-refractivity contribution in [2.24, 2.45) is 0 Å². The maximum atomic E-state index is 13.3. The molecule has 0 atom stereocenters. The zero-order valence-electron chi connectivity index (χ0n) is 21.4.